The molecule has 2 N–H and O–H groups in total. The van der Waals surface area contributed by atoms with Crippen LogP contribution in [-0.2, 0) is 19.3 Å². The smallest absolute Gasteiger partial charge is 0.191 e. The van der Waals surface area contributed by atoms with Crippen molar-refractivity contribution in [2.45, 2.75) is 38.8 Å². The maximum atomic E-state index is 11.0. The number of hydrogen-bond donors (Lipinski definition) is 2. The average Bonchev–Trinajstić information content (AvgIpc) is 2.46. The maximum Gasteiger partial charge on any atom is 0.191 e. The van der Waals surface area contributed by atoms with Gasteiger partial charge in [0.05, 0.1) is 24.6 Å². The maximum absolute atomic E-state index is 11.0. The van der Waals surface area contributed by atoms with Crippen LogP contribution in [0, 0.1) is 5.41 Å². The summed E-state index contributed by atoms with van der Waals surface area (Å²) in [5, 5.41) is 6.58. The molecular formula is C15H31N3O4S. The van der Waals surface area contributed by atoms with E-state index in [1.165, 1.54) is 6.26 Å². The standard InChI is InChI=1S/C15H31N3O4S/c1-14(2)12(11-15(14,3)21-5)18-13(16-4)17-7-8-22-9-10-23(6,19)20/h12H,7-11H2,1-6H3,(H2,16,17,18). The fraction of sp³-hybridized carbons (Fsp3) is 0.933. The number of ether oxygens (including phenoxy) is 2. The Morgan fingerprint density at radius 3 is 2.43 bits per heavy atom. The highest BCUT2D eigenvalue weighted by Gasteiger charge is 2.57. The van der Waals surface area contributed by atoms with E-state index in [0.29, 0.717) is 19.1 Å². The van der Waals surface area contributed by atoms with Gasteiger partial charge in [0.25, 0.3) is 0 Å². The number of rotatable bonds is 8. The Morgan fingerprint density at radius 2 is 1.96 bits per heavy atom. The van der Waals surface area contributed by atoms with Crippen LogP contribution in [0.15, 0.2) is 4.99 Å². The minimum atomic E-state index is -2.96. The van der Waals surface area contributed by atoms with Gasteiger partial charge in [-0.25, -0.2) is 8.42 Å². The Hall–Kier alpha value is -0.860. The van der Waals surface area contributed by atoms with E-state index in [2.05, 4.69) is 36.4 Å². The minimum Gasteiger partial charge on any atom is -0.379 e. The molecule has 8 heteroatoms. The van der Waals surface area contributed by atoms with Crippen LogP contribution in [0.25, 0.3) is 0 Å². The van der Waals surface area contributed by atoms with Crippen LogP contribution in [0.3, 0.4) is 0 Å². The van der Waals surface area contributed by atoms with E-state index in [9.17, 15) is 8.42 Å². The van der Waals surface area contributed by atoms with Crippen LogP contribution < -0.4 is 10.6 Å². The molecule has 0 aliphatic heterocycles. The fourth-order valence-electron chi connectivity index (χ4n) is 2.64. The van der Waals surface area contributed by atoms with E-state index >= 15 is 0 Å². The normalized spacial score (nSPS) is 27.4. The molecular weight excluding hydrogens is 318 g/mol. The number of nitrogens with one attached hydrogen (secondary N) is 2. The summed E-state index contributed by atoms with van der Waals surface area (Å²) < 4.78 is 32.9. The van der Waals surface area contributed by atoms with Crippen LogP contribution in [0.5, 0.6) is 0 Å². The minimum absolute atomic E-state index is 0.00531. The van der Waals surface area contributed by atoms with Gasteiger partial charge in [-0.05, 0) is 13.3 Å². The highest BCUT2D eigenvalue weighted by Crippen LogP contribution is 2.51. The van der Waals surface area contributed by atoms with Crippen molar-refractivity contribution in [3.05, 3.63) is 0 Å². The topological polar surface area (TPSA) is 89.0 Å². The Labute approximate surface area is 140 Å². The van der Waals surface area contributed by atoms with Crippen molar-refractivity contribution in [3.8, 4) is 0 Å². The van der Waals surface area contributed by atoms with Crippen LogP contribution in [-0.4, -0.2) is 71.9 Å². The Bertz CT molecular complexity index is 519. The Balaban J connectivity index is 2.29. The molecule has 1 saturated carbocycles. The van der Waals surface area contributed by atoms with Gasteiger partial charge in [-0.1, -0.05) is 13.8 Å². The molecule has 1 aliphatic rings. The summed E-state index contributed by atoms with van der Waals surface area (Å²) in [7, 11) is 0.508. The predicted molar refractivity (Wildman–Crippen MR) is 92.6 cm³/mol. The van der Waals surface area contributed by atoms with Gasteiger partial charge in [0, 0.05) is 38.4 Å². The molecule has 0 aromatic carbocycles. The van der Waals surface area contributed by atoms with Crippen LogP contribution in [0.1, 0.15) is 27.2 Å². The van der Waals surface area contributed by atoms with Gasteiger partial charge in [-0.3, -0.25) is 4.99 Å². The molecule has 1 fully saturated rings. The zero-order valence-electron chi connectivity index (χ0n) is 15.1. The van der Waals surface area contributed by atoms with Crippen molar-refractivity contribution in [2.24, 2.45) is 10.4 Å². The van der Waals surface area contributed by atoms with Crippen molar-refractivity contribution < 1.29 is 17.9 Å². The Morgan fingerprint density at radius 1 is 1.30 bits per heavy atom. The zero-order valence-corrected chi connectivity index (χ0v) is 15.9. The third-order valence-electron chi connectivity index (χ3n) is 4.95. The van der Waals surface area contributed by atoms with Crippen LogP contribution in [0.2, 0.25) is 0 Å². The van der Waals surface area contributed by atoms with Crippen molar-refractivity contribution in [2.75, 3.05) is 45.9 Å². The first-order valence-electron chi connectivity index (χ1n) is 7.83. The van der Waals surface area contributed by atoms with Crippen LogP contribution in [0.4, 0.5) is 0 Å². The summed E-state index contributed by atoms with van der Waals surface area (Å²) in [4.78, 5) is 4.21. The molecule has 2 unspecified atom stereocenters. The second-order valence-electron chi connectivity index (χ2n) is 6.80. The lowest BCUT2D eigenvalue weighted by Gasteiger charge is -2.59. The lowest BCUT2D eigenvalue weighted by molar-refractivity contribution is -0.176. The average molecular weight is 349 g/mol. The van der Waals surface area contributed by atoms with Gasteiger partial charge in [-0.15, -0.1) is 0 Å². The second kappa shape index (κ2) is 7.81. The molecule has 0 radical (unpaired) electrons. The molecule has 1 rings (SSSR count). The van der Waals surface area contributed by atoms with E-state index in [1.807, 2.05) is 0 Å². The van der Waals surface area contributed by atoms with E-state index in [1.54, 1.807) is 14.2 Å². The first-order chi connectivity index (χ1) is 10.6. The van der Waals surface area contributed by atoms with Gasteiger partial charge < -0.3 is 20.1 Å². The number of guanidine groups is 1. The van der Waals surface area contributed by atoms with Gasteiger partial charge >= 0.3 is 0 Å². The Kier molecular flexibility index (Phi) is 6.85. The summed E-state index contributed by atoms with van der Waals surface area (Å²) in [6.45, 7) is 7.70. The van der Waals surface area contributed by atoms with Crippen molar-refractivity contribution >= 4 is 15.8 Å². The molecule has 0 heterocycles. The summed E-state index contributed by atoms with van der Waals surface area (Å²) in [6, 6.07) is 0.282. The van der Waals surface area contributed by atoms with Gasteiger partial charge in [0.2, 0.25) is 0 Å². The molecule has 0 saturated heterocycles. The quantitative estimate of drug-likeness (QED) is 0.375. The molecule has 23 heavy (non-hydrogen) atoms. The molecule has 136 valence electrons. The molecule has 0 aromatic heterocycles. The van der Waals surface area contributed by atoms with Crippen molar-refractivity contribution in [1.29, 1.82) is 0 Å². The summed E-state index contributed by atoms with van der Waals surface area (Å²) in [5.41, 5.74) is -0.121. The van der Waals surface area contributed by atoms with Crippen LogP contribution >= 0.6 is 0 Å². The summed E-state index contributed by atoms with van der Waals surface area (Å²) in [6.07, 6.45) is 2.12. The molecule has 0 aromatic rings. The van der Waals surface area contributed by atoms with Gasteiger partial charge in [-0.2, -0.15) is 0 Å². The van der Waals surface area contributed by atoms with E-state index in [0.717, 1.165) is 6.42 Å². The third kappa shape index (κ3) is 5.32. The predicted octanol–water partition coefficient (Wildman–Crippen LogP) is 0.416. The third-order valence-corrected chi connectivity index (χ3v) is 5.86. The van der Waals surface area contributed by atoms with Crippen molar-refractivity contribution in [3.63, 3.8) is 0 Å². The van der Waals surface area contributed by atoms with Crippen molar-refractivity contribution in [1.82, 2.24) is 10.6 Å². The second-order valence-corrected chi connectivity index (χ2v) is 9.06. The monoisotopic (exact) mass is 349 g/mol. The summed E-state index contributed by atoms with van der Waals surface area (Å²) >= 11 is 0. The largest absolute Gasteiger partial charge is 0.379 e. The van der Waals surface area contributed by atoms with E-state index in [-0.39, 0.29) is 29.4 Å². The SMILES string of the molecule is CN=C(NCCOCCS(C)(=O)=O)NC1CC(C)(OC)C1(C)C. The molecule has 1 aliphatic carbocycles. The zero-order chi connectivity index (χ0) is 17.7. The number of methoxy groups -OCH3 is 1. The number of aliphatic imine (C=N–C) groups is 1. The molecule has 7 nitrogen and oxygen atoms in total. The van der Waals surface area contributed by atoms with Gasteiger partial charge in [0.15, 0.2) is 5.96 Å². The molecule has 0 bridgehead atoms. The summed E-state index contributed by atoms with van der Waals surface area (Å²) in [5.74, 6) is 0.763. The van der Waals surface area contributed by atoms with Gasteiger partial charge in [0.1, 0.15) is 9.84 Å². The van der Waals surface area contributed by atoms with E-state index < -0.39 is 9.84 Å². The highest BCUT2D eigenvalue weighted by molar-refractivity contribution is 7.90. The lowest BCUT2D eigenvalue weighted by Crippen LogP contribution is -2.69. The number of nitrogens with zero attached hydrogens (tertiary/aromatic N) is 1. The molecule has 0 spiro atoms. The fourth-order valence-corrected chi connectivity index (χ4v) is 3.06. The number of sulfone groups is 1. The first kappa shape index (κ1) is 20.2. The lowest BCUT2D eigenvalue weighted by atomic mass is 9.56. The molecule has 0 amide bonds. The molecule has 2 atom stereocenters. The number of hydrogen-bond acceptors (Lipinski definition) is 5. The first-order valence-corrected chi connectivity index (χ1v) is 9.89. The van der Waals surface area contributed by atoms with E-state index in [4.69, 9.17) is 9.47 Å². The highest BCUT2D eigenvalue weighted by atomic mass is 32.2.